The molecule has 8 heavy (non-hydrogen) atoms. The van der Waals surface area contributed by atoms with Gasteiger partial charge < -0.3 is 19.3 Å². The van der Waals surface area contributed by atoms with E-state index in [0.29, 0.717) is 6.42 Å². The third-order valence-electron chi connectivity index (χ3n) is 0.634. The number of alkyl halides is 1. The zero-order valence-electron chi connectivity index (χ0n) is 5.00. The van der Waals surface area contributed by atoms with Gasteiger partial charge >= 0.3 is 23.1 Å². The molecule has 0 saturated carbocycles. The van der Waals surface area contributed by atoms with Crippen molar-refractivity contribution < 1.29 is 16.8 Å². The Hall–Kier alpha value is 0.986. The fourth-order valence-electron chi connectivity index (χ4n) is 0.271. The molecule has 0 aromatic carbocycles. The van der Waals surface area contributed by atoms with Gasteiger partial charge in [-0.15, -0.1) is 0 Å². The van der Waals surface area contributed by atoms with Gasteiger partial charge in [-0.3, -0.25) is 4.39 Å². The first kappa shape index (κ1) is 16.0. The summed E-state index contributed by atoms with van der Waals surface area (Å²) >= 11 is 0. The zero-order valence-corrected chi connectivity index (χ0v) is 7.17. The summed E-state index contributed by atoms with van der Waals surface area (Å²) in [7, 11) is 0. The first-order chi connectivity index (χ1) is 2.91. The second-order valence-corrected chi connectivity index (χ2v) is 1.25. The summed E-state index contributed by atoms with van der Waals surface area (Å²) in [6, 6.07) is 0. The van der Waals surface area contributed by atoms with Crippen LogP contribution in [0.4, 0.5) is 4.39 Å². The molecule has 0 rings (SSSR count). The summed E-state index contributed by atoms with van der Waals surface area (Å²) in [5.41, 5.74) is 0. The monoisotopic (exact) mass is 148 g/mol. The summed E-state index contributed by atoms with van der Waals surface area (Å²) < 4.78 is 11.2. The number of unbranched alkanes of at least 4 members (excludes halogenated alkanes) is 2. The fourth-order valence-corrected chi connectivity index (χ4v) is 0.271. The van der Waals surface area contributed by atoms with Crippen LogP contribution in [-0.2, 0) is 0 Å². The third kappa shape index (κ3) is 15.8. The summed E-state index contributed by atoms with van der Waals surface area (Å²) in [6.07, 6.45) is 2.48. The van der Waals surface area contributed by atoms with Gasteiger partial charge in [0.15, 0.2) is 0 Å². The van der Waals surface area contributed by atoms with Crippen LogP contribution < -0.4 is 12.4 Å². The largest absolute Gasteiger partial charge is 2.00 e. The molecule has 46 valence electrons. The number of halogens is 2. The molecule has 0 radical (unpaired) electrons. The second kappa shape index (κ2) is 15.7. The van der Waals surface area contributed by atoms with E-state index in [9.17, 15) is 4.39 Å². The topological polar surface area (TPSA) is 0 Å². The van der Waals surface area contributed by atoms with E-state index in [1.54, 1.807) is 0 Å². The van der Waals surface area contributed by atoms with Crippen LogP contribution in [0.2, 0.25) is 0 Å². The Morgan fingerprint density at radius 3 is 1.88 bits per heavy atom. The smallest absolute Gasteiger partial charge is 1.00 e. The quantitative estimate of drug-likeness (QED) is 0.262. The van der Waals surface area contributed by atoms with Gasteiger partial charge in [0.2, 0.25) is 0 Å². The maximum Gasteiger partial charge on any atom is 2.00 e. The number of rotatable bonds is 3. The molecule has 0 aliphatic rings. The van der Waals surface area contributed by atoms with Crippen LogP contribution in [0.25, 0.3) is 0 Å². The minimum atomic E-state index is -0.185. The van der Waals surface area contributed by atoms with Crippen LogP contribution in [0, 0.1) is 6.92 Å². The Balaban J connectivity index is -0.000000125. The van der Waals surface area contributed by atoms with Gasteiger partial charge in [-0.05, 0) is 6.42 Å². The van der Waals surface area contributed by atoms with Crippen molar-refractivity contribution in [2.75, 3.05) is 6.67 Å². The van der Waals surface area contributed by atoms with Crippen molar-refractivity contribution in [1.82, 2.24) is 0 Å². The van der Waals surface area contributed by atoms with Gasteiger partial charge in [-0.25, -0.2) is 0 Å². The Bertz CT molecular complexity index is 24.4. The first-order valence-corrected chi connectivity index (χ1v) is 2.27. The second-order valence-electron chi connectivity index (χ2n) is 1.25. The molecule has 0 atom stereocenters. The van der Waals surface area contributed by atoms with Gasteiger partial charge in [0.05, 0.1) is 6.67 Å². The van der Waals surface area contributed by atoms with E-state index in [4.69, 9.17) is 0 Å². The summed E-state index contributed by atoms with van der Waals surface area (Å²) in [6.45, 7) is 3.37. The molecule has 0 amide bonds. The van der Waals surface area contributed by atoms with Crippen molar-refractivity contribution >= 4 is 23.1 Å². The third-order valence-corrected chi connectivity index (χ3v) is 0.634. The van der Waals surface area contributed by atoms with Crippen molar-refractivity contribution in [2.45, 2.75) is 19.3 Å². The molecule has 3 heteroatoms. The molecular weight excluding hydrogens is 139 g/mol. The van der Waals surface area contributed by atoms with Crippen LogP contribution in [0.3, 0.4) is 0 Å². The van der Waals surface area contributed by atoms with Crippen LogP contribution >= 0.6 is 0 Å². The number of hydrogen-bond acceptors (Lipinski definition) is 0. The average Bonchev–Trinajstić information content (AvgIpc) is 1.61. The van der Waals surface area contributed by atoms with Crippen LogP contribution in [0.5, 0.6) is 0 Å². The zero-order chi connectivity index (χ0) is 4.83. The molecule has 0 spiro atoms. The Morgan fingerprint density at radius 1 is 1.25 bits per heavy atom. The summed E-state index contributed by atoms with van der Waals surface area (Å²) in [5.74, 6) is 0. The molecule has 0 bridgehead atoms. The van der Waals surface area contributed by atoms with Crippen molar-refractivity contribution in [2.24, 2.45) is 0 Å². The Labute approximate surface area is 72.8 Å². The predicted octanol–water partition coefficient (Wildman–Crippen LogP) is -1.42. The van der Waals surface area contributed by atoms with E-state index >= 15 is 0 Å². The molecule has 0 N–H and O–H groups in total. The van der Waals surface area contributed by atoms with Gasteiger partial charge in [-0.2, -0.15) is 6.42 Å². The van der Waals surface area contributed by atoms with Crippen molar-refractivity contribution in [1.29, 1.82) is 0 Å². The van der Waals surface area contributed by atoms with Crippen LogP contribution in [-0.4, -0.2) is 29.7 Å². The molecule has 0 unspecified atom stereocenters. The summed E-state index contributed by atoms with van der Waals surface area (Å²) in [4.78, 5) is 0. The van der Waals surface area contributed by atoms with Crippen LogP contribution in [0.1, 0.15) is 19.3 Å². The van der Waals surface area contributed by atoms with E-state index in [1.807, 2.05) is 0 Å². The number of hydrogen-bond donors (Lipinski definition) is 0. The van der Waals surface area contributed by atoms with E-state index in [1.165, 1.54) is 0 Å². The van der Waals surface area contributed by atoms with Gasteiger partial charge in [-0.1, -0.05) is 6.42 Å². The van der Waals surface area contributed by atoms with E-state index in [2.05, 4.69) is 6.92 Å². The van der Waals surface area contributed by atoms with E-state index in [0.717, 1.165) is 12.8 Å². The molecule has 0 fully saturated rings. The van der Waals surface area contributed by atoms with Gasteiger partial charge in [0.1, 0.15) is 0 Å². The minimum absolute atomic E-state index is 0. The molecule has 0 aromatic rings. The van der Waals surface area contributed by atoms with Crippen LogP contribution in [0.15, 0.2) is 0 Å². The Kier molecular flexibility index (Phi) is 31.3. The summed E-state index contributed by atoms with van der Waals surface area (Å²) in [5, 5.41) is 0. The minimum Gasteiger partial charge on any atom is -1.00 e. The fraction of sp³-hybridized carbons (Fsp3) is 0.800. The first-order valence-electron chi connectivity index (χ1n) is 2.27. The van der Waals surface area contributed by atoms with E-state index in [-0.39, 0.29) is 42.1 Å². The molecule has 0 aliphatic heterocycles. The SMILES string of the molecule is [CH2-]CCCCF.[Cl-].[Mg+2]. The van der Waals surface area contributed by atoms with E-state index < -0.39 is 0 Å². The van der Waals surface area contributed by atoms with Crippen molar-refractivity contribution in [3.8, 4) is 0 Å². The van der Waals surface area contributed by atoms with Gasteiger partial charge in [0, 0.05) is 0 Å². The Morgan fingerprint density at radius 2 is 1.75 bits per heavy atom. The molecular formula is C5H10ClFMg. The molecule has 0 aliphatic carbocycles. The molecule has 0 saturated heterocycles. The molecule has 0 aromatic heterocycles. The predicted molar refractivity (Wildman–Crippen MR) is 30.9 cm³/mol. The van der Waals surface area contributed by atoms with Crippen molar-refractivity contribution in [3.63, 3.8) is 0 Å². The van der Waals surface area contributed by atoms with Crippen molar-refractivity contribution in [3.05, 3.63) is 6.92 Å². The molecule has 0 heterocycles. The maximum absolute atomic E-state index is 11.2. The maximum atomic E-state index is 11.2. The molecule has 0 nitrogen and oxygen atoms in total. The normalized spacial score (nSPS) is 6.75. The standard InChI is InChI=1S/C5H10F.ClH.Mg/c1-2-3-4-5-6;;/h1-5H2;1H;/q-1;;+2/p-1. The average molecular weight is 149 g/mol. The van der Waals surface area contributed by atoms with Gasteiger partial charge in [0.25, 0.3) is 0 Å².